The molecule has 8 nitrogen and oxygen atoms in total. The number of hydrogen-bond donors (Lipinski definition) is 0. The van der Waals surface area contributed by atoms with Crippen molar-refractivity contribution < 1.29 is 33.3 Å². The lowest BCUT2D eigenvalue weighted by molar-refractivity contribution is -0.148. The standard InChI is InChI=1S/C34H35NO7/c1-20-30(34(37)42-19-21-9-7-6-8-10-21)31(24-17-28(39-3)33(41-5)29(18-24)40-4)32-26(35-20)15-23(16-27(32)36)22-11-13-25(38-2)14-12-22/h6-14,17-18,23,30-31H,15-16,19H2,1-5H3. The second-order valence-electron chi connectivity index (χ2n) is 10.4. The molecule has 8 heteroatoms. The Balaban J connectivity index is 1.58. The van der Waals surface area contributed by atoms with Crippen molar-refractivity contribution in [3.8, 4) is 23.0 Å². The Kier molecular flexibility index (Phi) is 8.61. The summed E-state index contributed by atoms with van der Waals surface area (Å²) in [5.74, 6) is 0.0678. The summed E-state index contributed by atoms with van der Waals surface area (Å²) < 4.78 is 27.9. The van der Waals surface area contributed by atoms with Gasteiger partial charge in [-0.25, -0.2) is 0 Å². The van der Waals surface area contributed by atoms with E-state index in [1.165, 1.54) is 21.3 Å². The van der Waals surface area contributed by atoms with Crippen molar-refractivity contribution in [1.82, 2.24) is 0 Å². The Morgan fingerprint density at radius 1 is 0.833 bits per heavy atom. The van der Waals surface area contributed by atoms with E-state index >= 15 is 0 Å². The van der Waals surface area contributed by atoms with E-state index in [0.29, 0.717) is 52.6 Å². The van der Waals surface area contributed by atoms with E-state index in [9.17, 15) is 9.59 Å². The smallest absolute Gasteiger partial charge is 0.315 e. The number of nitrogens with zero attached hydrogens (tertiary/aromatic N) is 1. The molecule has 3 aromatic rings. The second-order valence-corrected chi connectivity index (χ2v) is 10.4. The number of ether oxygens (including phenoxy) is 5. The topological polar surface area (TPSA) is 92.7 Å². The first-order valence-electron chi connectivity index (χ1n) is 13.8. The molecule has 42 heavy (non-hydrogen) atoms. The number of ketones is 1. The summed E-state index contributed by atoms with van der Waals surface area (Å²) in [6, 6.07) is 20.9. The van der Waals surface area contributed by atoms with E-state index < -0.39 is 17.8 Å². The van der Waals surface area contributed by atoms with Crippen molar-refractivity contribution in [2.24, 2.45) is 10.9 Å². The molecule has 1 aliphatic carbocycles. The third kappa shape index (κ3) is 5.62. The zero-order valence-corrected chi connectivity index (χ0v) is 24.5. The van der Waals surface area contributed by atoms with Crippen LogP contribution >= 0.6 is 0 Å². The zero-order chi connectivity index (χ0) is 29.8. The predicted octanol–water partition coefficient (Wildman–Crippen LogP) is 6.04. The molecule has 0 saturated carbocycles. The van der Waals surface area contributed by atoms with Gasteiger partial charge in [0, 0.05) is 29.3 Å². The van der Waals surface area contributed by atoms with Gasteiger partial charge in [-0.1, -0.05) is 42.5 Å². The summed E-state index contributed by atoms with van der Waals surface area (Å²) in [6.45, 7) is 1.94. The normalized spacial score (nSPS) is 19.9. The fraction of sp³-hybridized carbons (Fsp3) is 0.324. The lowest BCUT2D eigenvalue weighted by Gasteiger charge is -2.36. The number of hydrogen-bond acceptors (Lipinski definition) is 8. The molecular formula is C34H35NO7. The first-order valence-corrected chi connectivity index (χ1v) is 13.8. The number of rotatable bonds is 9. The second kappa shape index (κ2) is 12.5. The summed E-state index contributed by atoms with van der Waals surface area (Å²) in [4.78, 5) is 32.7. The summed E-state index contributed by atoms with van der Waals surface area (Å²) in [5.41, 5.74) is 4.41. The van der Waals surface area contributed by atoms with Crippen LogP contribution in [0.1, 0.15) is 48.3 Å². The van der Waals surface area contributed by atoms with Gasteiger partial charge in [-0.2, -0.15) is 0 Å². The van der Waals surface area contributed by atoms with E-state index in [0.717, 1.165) is 16.9 Å². The quantitative estimate of drug-likeness (QED) is 0.290. The Morgan fingerprint density at radius 2 is 1.50 bits per heavy atom. The Bertz CT molecular complexity index is 1500. The van der Waals surface area contributed by atoms with Crippen molar-refractivity contribution in [2.45, 2.75) is 38.2 Å². The van der Waals surface area contributed by atoms with Crippen molar-refractivity contribution in [1.29, 1.82) is 0 Å². The molecule has 0 bridgehead atoms. The molecule has 3 atom stereocenters. The maximum absolute atomic E-state index is 14.0. The lowest BCUT2D eigenvalue weighted by Crippen LogP contribution is -2.38. The average molecular weight is 570 g/mol. The molecule has 3 unspecified atom stereocenters. The number of carbonyl (C=O) groups is 2. The molecule has 0 radical (unpaired) electrons. The van der Waals surface area contributed by atoms with Crippen LogP contribution in [-0.2, 0) is 20.9 Å². The van der Waals surface area contributed by atoms with Crippen LogP contribution in [0, 0.1) is 5.92 Å². The van der Waals surface area contributed by atoms with Crippen molar-refractivity contribution >= 4 is 17.5 Å². The monoisotopic (exact) mass is 569 g/mol. The Morgan fingerprint density at radius 3 is 2.10 bits per heavy atom. The summed E-state index contributed by atoms with van der Waals surface area (Å²) in [6.07, 6.45) is 0.865. The van der Waals surface area contributed by atoms with Gasteiger partial charge in [0.2, 0.25) is 5.75 Å². The maximum Gasteiger partial charge on any atom is 0.315 e. The van der Waals surface area contributed by atoms with Crippen LogP contribution in [-0.4, -0.2) is 45.9 Å². The molecule has 0 aromatic heterocycles. The van der Waals surface area contributed by atoms with Crippen LogP contribution in [0.25, 0.3) is 0 Å². The van der Waals surface area contributed by atoms with Crippen LogP contribution in [0.15, 0.2) is 83.0 Å². The summed E-state index contributed by atoms with van der Waals surface area (Å²) in [5, 5.41) is 0. The van der Waals surface area contributed by atoms with Gasteiger partial charge < -0.3 is 23.7 Å². The number of allylic oxidation sites excluding steroid dienone is 2. The molecule has 0 fully saturated rings. The van der Waals surface area contributed by atoms with Gasteiger partial charge in [-0.05, 0) is 60.2 Å². The van der Waals surface area contributed by atoms with Crippen molar-refractivity contribution in [2.75, 3.05) is 28.4 Å². The van der Waals surface area contributed by atoms with E-state index in [1.54, 1.807) is 19.2 Å². The largest absolute Gasteiger partial charge is 0.497 e. The molecule has 0 N–H and O–H groups in total. The highest BCUT2D eigenvalue weighted by molar-refractivity contribution is 6.09. The molecule has 0 spiro atoms. The molecule has 3 aromatic carbocycles. The first kappa shape index (κ1) is 28.9. The number of esters is 1. The van der Waals surface area contributed by atoms with Crippen LogP contribution < -0.4 is 18.9 Å². The highest BCUT2D eigenvalue weighted by atomic mass is 16.5. The minimum absolute atomic E-state index is 0.0409. The maximum atomic E-state index is 14.0. The molecule has 218 valence electrons. The minimum atomic E-state index is -0.809. The van der Waals surface area contributed by atoms with Gasteiger partial charge >= 0.3 is 5.97 Å². The average Bonchev–Trinajstić information content (AvgIpc) is 3.02. The SMILES string of the molecule is COc1ccc(C2CC(=O)C3=C(C2)N=C(C)C(C(=O)OCc2ccccc2)C3c2cc(OC)c(OC)c(OC)c2)cc1. The number of aliphatic imine (C=N–C) groups is 1. The number of methoxy groups -OCH3 is 4. The molecule has 2 aliphatic rings. The molecule has 1 aliphatic heterocycles. The van der Waals surface area contributed by atoms with Gasteiger partial charge in [0.25, 0.3) is 0 Å². The molecule has 0 amide bonds. The number of Topliss-reactive ketones (excluding diaryl/α,β-unsaturated/α-hetero) is 1. The van der Waals surface area contributed by atoms with Gasteiger partial charge in [0.1, 0.15) is 18.3 Å². The third-order valence-corrected chi connectivity index (χ3v) is 8.00. The fourth-order valence-electron chi connectivity index (χ4n) is 5.94. The number of carbonyl (C=O) groups excluding carboxylic acids is 2. The van der Waals surface area contributed by atoms with Crippen LogP contribution in [0.5, 0.6) is 23.0 Å². The van der Waals surface area contributed by atoms with E-state index in [-0.39, 0.29) is 18.3 Å². The predicted molar refractivity (Wildman–Crippen MR) is 159 cm³/mol. The van der Waals surface area contributed by atoms with Gasteiger partial charge in [-0.3, -0.25) is 14.6 Å². The Labute approximate surface area is 245 Å². The molecule has 5 rings (SSSR count). The number of benzene rings is 3. The minimum Gasteiger partial charge on any atom is -0.497 e. The Hall–Kier alpha value is -4.59. The van der Waals surface area contributed by atoms with Crippen molar-refractivity contribution in [3.05, 3.63) is 94.7 Å². The third-order valence-electron chi connectivity index (χ3n) is 8.00. The van der Waals surface area contributed by atoms with Crippen LogP contribution in [0.2, 0.25) is 0 Å². The first-order chi connectivity index (χ1) is 20.4. The highest BCUT2D eigenvalue weighted by Gasteiger charge is 2.45. The van der Waals surface area contributed by atoms with Gasteiger partial charge in [0.15, 0.2) is 17.3 Å². The van der Waals surface area contributed by atoms with E-state index in [1.807, 2.05) is 61.5 Å². The zero-order valence-electron chi connectivity index (χ0n) is 24.5. The molecule has 1 heterocycles. The van der Waals surface area contributed by atoms with Gasteiger partial charge in [0.05, 0.1) is 28.4 Å². The highest BCUT2D eigenvalue weighted by Crippen LogP contribution is 2.50. The molecule has 0 saturated heterocycles. The summed E-state index contributed by atoms with van der Waals surface area (Å²) in [7, 11) is 6.23. The van der Waals surface area contributed by atoms with E-state index in [4.69, 9.17) is 28.7 Å². The summed E-state index contributed by atoms with van der Waals surface area (Å²) >= 11 is 0. The van der Waals surface area contributed by atoms with Crippen molar-refractivity contribution in [3.63, 3.8) is 0 Å². The van der Waals surface area contributed by atoms with Crippen LogP contribution in [0.4, 0.5) is 0 Å². The lowest BCUT2D eigenvalue weighted by atomic mass is 9.69. The van der Waals surface area contributed by atoms with Crippen LogP contribution in [0.3, 0.4) is 0 Å². The molecular weight excluding hydrogens is 534 g/mol. The fourth-order valence-corrected chi connectivity index (χ4v) is 5.94. The van der Waals surface area contributed by atoms with E-state index in [2.05, 4.69) is 0 Å². The van der Waals surface area contributed by atoms with Gasteiger partial charge in [-0.15, -0.1) is 0 Å².